The van der Waals surface area contributed by atoms with Crippen LogP contribution in [0.2, 0.25) is 0 Å². The van der Waals surface area contributed by atoms with Crippen molar-refractivity contribution >= 4 is 0 Å². The highest BCUT2D eigenvalue weighted by Gasteiger charge is 2.20. The maximum absolute atomic E-state index is 8.74. The van der Waals surface area contributed by atoms with Crippen molar-refractivity contribution in [3.63, 3.8) is 0 Å². The molecule has 14 heavy (non-hydrogen) atoms. The van der Waals surface area contributed by atoms with Crippen LogP contribution in [0, 0.1) is 0 Å². The van der Waals surface area contributed by atoms with Crippen LogP contribution in [0.15, 0.2) is 10.7 Å². The number of aliphatic hydroxyl groups is 1. The van der Waals surface area contributed by atoms with Crippen LogP contribution in [0.4, 0.5) is 0 Å². The van der Waals surface area contributed by atoms with Gasteiger partial charge in [0.1, 0.15) is 6.26 Å². The van der Waals surface area contributed by atoms with Crippen molar-refractivity contribution in [1.82, 2.24) is 4.98 Å². The summed E-state index contributed by atoms with van der Waals surface area (Å²) < 4.78 is 10.6. The minimum Gasteiger partial charge on any atom is -0.448 e. The number of ether oxygens (including phenoxy) is 1. The minimum atomic E-state index is 0.125. The summed E-state index contributed by atoms with van der Waals surface area (Å²) in [6.07, 6.45) is 4.19. The minimum absolute atomic E-state index is 0.125. The Morgan fingerprint density at radius 1 is 1.43 bits per heavy atom. The summed E-state index contributed by atoms with van der Waals surface area (Å²) in [6.45, 7) is 1.71. The average molecular weight is 197 g/mol. The first-order valence-corrected chi connectivity index (χ1v) is 5.03. The number of hydrogen-bond donors (Lipinski definition) is 1. The summed E-state index contributed by atoms with van der Waals surface area (Å²) in [4.78, 5) is 4.34. The van der Waals surface area contributed by atoms with Crippen LogP contribution in [0.25, 0.3) is 0 Å². The molecule has 1 saturated heterocycles. The number of rotatable bonds is 3. The Bertz CT molecular complexity index is 279. The van der Waals surface area contributed by atoms with Gasteiger partial charge < -0.3 is 14.3 Å². The van der Waals surface area contributed by atoms with Gasteiger partial charge in [-0.1, -0.05) is 0 Å². The molecule has 0 unspecified atom stereocenters. The average Bonchev–Trinajstić information content (AvgIpc) is 2.68. The van der Waals surface area contributed by atoms with E-state index in [1.54, 1.807) is 6.26 Å². The van der Waals surface area contributed by atoms with Crippen LogP contribution in [-0.4, -0.2) is 29.9 Å². The Morgan fingerprint density at radius 3 is 2.93 bits per heavy atom. The zero-order valence-corrected chi connectivity index (χ0v) is 8.11. The second-order valence-electron chi connectivity index (χ2n) is 3.54. The van der Waals surface area contributed by atoms with E-state index >= 15 is 0 Å². The molecule has 4 heteroatoms. The normalized spacial score (nSPS) is 18.6. The smallest absolute Gasteiger partial charge is 0.197 e. The molecule has 4 nitrogen and oxygen atoms in total. The molecule has 0 radical (unpaired) electrons. The quantitative estimate of drug-likeness (QED) is 0.788. The van der Waals surface area contributed by atoms with Crippen LogP contribution in [0.5, 0.6) is 0 Å². The van der Waals surface area contributed by atoms with Crippen LogP contribution in [0.1, 0.15) is 30.3 Å². The van der Waals surface area contributed by atoms with Crippen LogP contribution < -0.4 is 0 Å². The molecule has 2 heterocycles. The SMILES string of the molecule is OCCc1coc(C2CCOCC2)n1. The lowest BCUT2D eigenvalue weighted by Crippen LogP contribution is -2.14. The maximum Gasteiger partial charge on any atom is 0.197 e. The third-order valence-electron chi connectivity index (χ3n) is 2.51. The molecule has 1 aliphatic heterocycles. The lowest BCUT2D eigenvalue weighted by Gasteiger charge is -2.18. The predicted octanol–water partition coefficient (Wildman–Crippen LogP) is 1.10. The van der Waals surface area contributed by atoms with Gasteiger partial charge in [0.25, 0.3) is 0 Å². The predicted molar refractivity (Wildman–Crippen MR) is 50.1 cm³/mol. The molecule has 2 rings (SSSR count). The third-order valence-corrected chi connectivity index (χ3v) is 2.51. The Labute approximate surface area is 82.9 Å². The van der Waals surface area contributed by atoms with E-state index in [9.17, 15) is 0 Å². The van der Waals surface area contributed by atoms with E-state index in [4.69, 9.17) is 14.3 Å². The Balaban J connectivity index is 2.00. The van der Waals surface area contributed by atoms with E-state index in [2.05, 4.69) is 4.98 Å². The fraction of sp³-hybridized carbons (Fsp3) is 0.700. The van der Waals surface area contributed by atoms with Crippen LogP contribution in [-0.2, 0) is 11.2 Å². The molecule has 0 amide bonds. The summed E-state index contributed by atoms with van der Waals surface area (Å²) in [6, 6.07) is 0. The Hall–Kier alpha value is -0.870. The lowest BCUT2D eigenvalue weighted by atomic mass is 10.0. The van der Waals surface area contributed by atoms with E-state index in [0.717, 1.165) is 37.6 Å². The Kier molecular flexibility index (Phi) is 3.16. The van der Waals surface area contributed by atoms with Gasteiger partial charge in [0.2, 0.25) is 0 Å². The van der Waals surface area contributed by atoms with Gasteiger partial charge in [0.05, 0.1) is 5.69 Å². The number of hydrogen-bond acceptors (Lipinski definition) is 4. The molecule has 1 N–H and O–H groups in total. The van der Waals surface area contributed by atoms with Gasteiger partial charge in [-0.25, -0.2) is 4.98 Å². The summed E-state index contributed by atoms with van der Waals surface area (Å²) >= 11 is 0. The summed E-state index contributed by atoms with van der Waals surface area (Å²) in [5.41, 5.74) is 0.842. The van der Waals surface area contributed by atoms with Crippen molar-refractivity contribution < 1.29 is 14.3 Å². The van der Waals surface area contributed by atoms with Gasteiger partial charge in [0.15, 0.2) is 5.89 Å². The van der Waals surface area contributed by atoms with Gasteiger partial charge in [0, 0.05) is 32.2 Å². The van der Waals surface area contributed by atoms with Crippen molar-refractivity contribution in [1.29, 1.82) is 0 Å². The van der Waals surface area contributed by atoms with E-state index in [1.807, 2.05) is 0 Å². The fourth-order valence-electron chi connectivity index (χ4n) is 1.68. The zero-order chi connectivity index (χ0) is 9.80. The summed E-state index contributed by atoms with van der Waals surface area (Å²) in [7, 11) is 0. The maximum atomic E-state index is 8.74. The second kappa shape index (κ2) is 4.57. The van der Waals surface area contributed by atoms with Gasteiger partial charge >= 0.3 is 0 Å². The van der Waals surface area contributed by atoms with Crippen LogP contribution in [0.3, 0.4) is 0 Å². The molecule has 1 aromatic heterocycles. The summed E-state index contributed by atoms with van der Waals surface area (Å²) in [5, 5.41) is 8.74. The van der Waals surface area contributed by atoms with Crippen molar-refractivity contribution in [2.45, 2.75) is 25.2 Å². The monoisotopic (exact) mass is 197 g/mol. The first kappa shape index (κ1) is 9.68. The fourth-order valence-corrected chi connectivity index (χ4v) is 1.68. The van der Waals surface area contributed by atoms with E-state index in [0.29, 0.717) is 12.3 Å². The molecule has 0 spiro atoms. The van der Waals surface area contributed by atoms with Gasteiger partial charge in [-0.15, -0.1) is 0 Å². The van der Waals surface area contributed by atoms with Crippen molar-refractivity contribution in [2.75, 3.05) is 19.8 Å². The van der Waals surface area contributed by atoms with Crippen LogP contribution >= 0.6 is 0 Å². The topological polar surface area (TPSA) is 55.5 Å². The molecule has 0 saturated carbocycles. The number of nitrogens with zero attached hydrogens (tertiary/aromatic N) is 1. The highest BCUT2D eigenvalue weighted by atomic mass is 16.5. The van der Waals surface area contributed by atoms with E-state index < -0.39 is 0 Å². The largest absolute Gasteiger partial charge is 0.448 e. The standard InChI is InChI=1S/C10H15NO3/c12-4-1-9-7-14-10(11-9)8-2-5-13-6-3-8/h7-8,12H,1-6H2. The van der Waals surface area contributed by atoms with E-state index in [-0.39, 0.29) is 6.61 Å². The third kappa shape index (κ3) is 2.13. The molecule has 1 aliphatic rings. The molecule has 1 aromatic rings. The first-order chi connectivity index (χ1) is 6.90. The van der Waals surface area contributed by atoms with Gasteiger partial charge in [-0.2, -0.15) is 0 Å². The highest BCUT2D eigenvalue weighted by Crippen LogP contribution is 2.25. The van der Waals surface area contributed by atoms with Crippen molar-refractivity contribution in [3.8, 4) is 0 Å². The Morgan fingerprint density at radius 2 is 2.21 bits per heavy atom. The van der Waals surface area contributed by atoms with Gasteiger partial charge in [-0.3, -0.25) is 0 Å². The first-order valence-electron chi connectivity index (χ1n) is 5.03. The molecule has 0 aromatic carbocycles. The molecule has 1 fully saturated rings. The number of aliphatic hydroxyl groups excluding tert-OH is 1. The zero-order valence-electron chi connectivity index (χ0n) is 8.11. The summed E-state index contributed by atoms with van der Waals surface area (Å²) in [5.74, 6) is 1.20. The number of oxazole rings is 1. The number of aromatic nitrogens is 1. The highest BCUT2D eigenvalue weighted by molar-refractivity contribution is 5.01. The molecule has 0 bridgehead atoms. The van der Waals surface area contributed by atoms with Gasteiger partial charge in [-0.05, 0) is 12.8 Å². The molecule has 78 valence electrons. The molecular formula is C10H15NO3. The molecule has 0 aliphatic carbocycles. The van der Waals surface area contributed by atoms with E-state index in [1.165, 1.54) is 0 Å². The van der Waals surface area contributed by atoms with Crippen molar-refractivity contribution in [3.05, 3.63) is 17.8 Å². The lowest BCUT2D eigenvalue weighted by molar-refractivity contribution is 0.0794. The molecular weight excluding hydrogens is 182 g/mol. The second-order valence-corrected chi connectivity index (χ2v) is 3.54. The molecule has 0 atom stereocenters. The van der Waals surface area contributed by atoms with Crippen molar-refractivity contribution in [2.24, 2.45) is 0 Å².